The summed E-state index contributed by atoms with van der Waals surface area (Å²) in [6.45, 7) is 2.81. The molecule has 1 aliphatic carbocycles. The quantitative estimate of drug-likeness (QED) is 0.892. The van der Waals surface area contributed by atoms with E-state index in [1.807, 2.05) is 6.92 Å². The highest BCUT2D eigenvalue weighted by Crippen LogP contribution is 2.25. The average Bonchev–Trinajstić information content (AvgIpc) is 2.60. The van der Waals surface area contributed by atoms with E-state index in [0.29, 0.717) is 13.1 Å². The Morgan fingerprint density at radius 1 is 1.20 bits per heavy atom. The molecule has 1 N–H and O–H groups in total. The van der Waals surface area contributed by atoms with Gasteiger partial charge in [0.1, 0.15) is 0 Å². The molecule has 0 aromatic heterocycles. The molecule has 6 heteroatoms. The predicted molar refractivity (Wildman–Crippen MR) is 98.8 cm³/mol. The molecule has 1 aliphatic heterocycles. The van der Waals surface area contributed by atoms with Crippen LogP contribution in [0.4, 0.5) is 0 Å². The summed E-state index contributed by atoms with van der Waals surface area (Å²) in [6.07, 6.45) is 7.46. The van der Waals surface area contributed by atoms with Gasteiger partial charge in [0.2, 0.25) is 15.9 Å². The van der Waals surface area contributed by atoms with Gasteiger partial charge in [-0.05, 0) is 62.1 Å². The Balaban J connectivity index is 1.64. The molecule has 1 aromatic rings. The summed E-state index contributed by atoms with van der Waals surface area (Å²) in [6, 6.07) is 6.47. The van der Waals surface area contributed by atoms with Crippen molar-refractivity contribution in [2.24, 2.45) is 5.92 Å². The summed E-state index contributed by atoms with van der Waals surface area (Å²) in [4.78, 5) is 12.6. The second kappa shape index (κ2) is 7.46. The standard InChI is InChI=1S/C19H28N2O3S/c1-14(16-10-9-15-6-3-4-7-17(15)12-16)20-19(22)18-8-5-11-21(13-18)25(2,23)24/h9-10,12,14,18H,3-8,11,13H2,1-2H3,(H,20,22). The molecular weight excluding hydrogens is 336 g/mol. The highest BCUT2D eigenvalue weighted by atomic mass is 32.2. The van der Waals surface area contributed by atoms with E-state index in [2.05, 4.69) is 23.5 Å². The zero-order valence-electron chi connectivity index (χ0n) is 15.1. The van der Waals surface area contributed by atoms with Crippen LogP contribution in [0.5, 0.6) is 0 Å². The topological polar surface area (TPSA) is 66.5 Å². The van der Waals surface area contributed by atoms with Gasteiger partial charge in [0.25, 0.3) is 0 Å². The summed E-state index contributed by atoms with van der Waals surface area (Å²) >= 11 is 0. The van der Waals surface area contributed by atoms with Crippen LogP contribution in [0, 0.1) is 5.92 Å². The van der Waals surface area contributed by atoms with Gasteiger partial charge < -0.3 is 5.32 Å². The fourth-order valence-electron chi connectivity index (χ4n) is 3.89. The molecule has 0 bridgehead atoms. The minimum atomic E-state index is -3.23. The number of carbonyl (C=O) groups is 1. The molecule has 1 aromatic carbocycles. The van der Waals surface area contributed by atoms with Crippen LogP contribution in [-0.2, 0) is 27.7 Å². The summed E-state index contributed by atoms with van der Waals surface area (Å²) in [7, 11) is -3.23. The van der Waals surface area contributed by atoms with Crippen molar-refractivity contribution in [2.45, 2.75) is 51.5 Å². The second-order valence-corrected chi connectivity index (χ2v) is 9.41. The Morgan fingerprint density at radius 2 is 1.92 bits per heavy atom. The van der Waals surface area contributed by atoms with E-state index in [0.717, 1.165) is 31.2 Å². The first-order chi connectivity index (χ1) is 11.8. The third-order valence-corrected chi connectivity index (χ3v) is 6.72. The molecular formula is C19H28N2O3S. The fraction of sp³-hybridized carbons (Fsp3) is 0.632. The molecule has 1 amide bonds. The molecule has 0 saturated carbocycles. The summed E-state index contributed by atoms with van der Waals surface area (Å²) < 4.78 is 24.9. The number of aryl methyl sites for hydroxylation is 2. The molecule has 2 atom stereocenters. The maximum atomic E-state index is 12.6. The van der Waals surface area contributed by atoms with Gasteiger partial charge in [0.15, 0.2) is 0 Å². The van der Waals surface area contributed by atoms with Crippen molar-refractivity contribution in [3.8, 4) is 0 Å². The van der Waals surface area contributed by atoms with Crippen LogP contribution in [0.15, 0.2) is 18.2 Å². The summed E-state index contributed by atoms with van der Waals surface area (Å²) in [5, 5.41) is 3.08. The van der Waals surface area contributed by atoms with E-state index in [1.54, 1.807) is 0 Å². The monoisotopic (exact) mass is 364 g/mol. The number of hydrogen-bond donors (Lipinski definition) is 1. The Bertz CT molecular complexity index is 745. The Hall–Kier alpha value is -1.40. The average molecular weight is 365 g/mol. The van der Waals surface area contributed by atoms with Crippen LogP contribution >= 0.6 is 0 Å². The van der Waals surface area contributed by atoms with Crippen molar-refractivity contribution in [1.29, 1.82) is 0 Å². The second-order valence-electron chi connectivity index (χ2n) is 7.43. The lowest BCUT2D eigenvalue weighted by molar-refractivity contribution is -0.126. The van der Waals surface area contributed by atoms with Gasteiger partial charge in [-0.1, -0.05) is 18.2 Å². The number of carbonyl (C=O) groups excluding carboxylic acids is 1. The van der Waals surface area contributed by atoms with Crippen LogP contribution < -0.4 is 5.32 Å². The first kappa shape index (κ1) is 18.4. The van der Waals surface area contributed by atoms with Crippen molar-refractivity contribution < 1.29 is 13.2 Å². The molecule has 3 rings (SSSR count). The normalized spacial score (nSPS) is 22.9. The van der Waals surface area contributed by atoms with Crippen LogP contribution in [0.1, 0.15) is 55.3 Å². The summed E-state index contributed by atoms with van der Waals surface area (Å²) in [5.41, 5.74) is 3.97. The molecule has 1 heterocycles. The molecule has 2 aliphatic rings. The van der Waals surface area contributed by atoms with E-state index >= 15 is 0 Å². The lowest BCUT2D eigenvalue weighted by Gasteiger charge is -2.31. The van der Waals surface area contributed by atoms with Crippen LogP contribution in [-0.4, -0.2) is 38.0 Å². The van der Waals surface area contributed by atoms with Gasteiger partial charge in [-0.2, -0.15) is 0 Å². The largest absolute Gasteiger partial charge is 0.349 e. The molecule has 138 valence electrons. The Morgan fingerprint density at radius 3 is 2.64 bits per heavy atom. The maximum absolute atomic E-state index is 12.6. The number of nitrogens with one attached hydrogen (secondary N) is 1. The number of hydrogen-bond acceptors (Lipinski definition) is 3. The fourth-order valence-corrected chi connectivity index (χ4v) is 4.81. The minimum Gasteiger partial charge on any atom is -0.349 e. The number of amides is 1. The SMILES string of the molecule is CC(NC(=O)C1CCCN(S(C)(=O)=O)C1)c1ccc2c(c1)CCCC2. The maximum Gasteiger partial charge on any atom is 0.224 e. The number of sulfonamides is 1. The van der Waals surface area contributed by atoms with Crippen molar-refractivity contribution in [2.75, 3.05) is 19.3 Å². The minimum absolute atomic E-state index is 0.0430. The van der Waals surface area contributed by atoms with Gasteiger partial charge in [0.05, 0.1) is 18.2 Å². The first-order valence-electron chi connectivity index (χ1n) is 9.22. The Kier molecular flexibility index (Phi) is 5.49. The highest BCUT2D eigenvalue weighted by molar-refractivity contribution is 7.88. The molecule has 1 saturated heterocycles. The van der Waals surface area contributed by atoms with Gasteiger partial charge >= 0.3 is 0 Å². The van der Waals surface area contributed by atoms with Crippen molar-refractivity contribution in [3.05, 3.63) is 34.9 Å². The number of nitrogens with zero attached hydrogens (tertiary/aromatic N) is 1. The van der Waals surface area contributed by atoms with Crippen molar-refractivity contribution in [1.82, 2.24) is 9.62 Å². The van der Waals surface area contributed by atoms with E-state index in [1.165, 1.54) is 34.5 Å². The zero-order valence-corrected chi connectivity index (χ0v) is 15.9. The number of fused-ring (bicyclic) bond motifs is 1. The van der Waals surface area contributed by atoms with E-state index in [-0.39, 0.29) is 17.9 Å². The third-order valence-electron chi connectivity index (χ3n) is 5.46. The molecule has 1 fully saturated rings. The van der Waals surface area contributed by atoms with Crippen molar-refractivity contribution >= 4 is 15.9 Å². The highest BCUT2D eigenvalue weighted by Gasteiger charge is 2.30. The van der Waals surface area contributed by atoms with E-state index in [4.69, 9.17) is 0 Å². The van der Waals surface area contributed by atoms with Gasteiger partial charge in [-0.25, -0.2) is 12.7 Å². The number of benzene rings is 1. The number of piperidine rings is 1. The van der Waals surface area contributed by atoms with Crippen LogP contribution in [0.25, 0.3) is 0 Å². The smallest absolute Gasteiger partial charge is 0.224 e. The van der Waals surface area contributed by atoms with Gasteiger partial charge in [-0.3, -0.25) is 4.79 Å². The zero-order chi connectivity index (χ0) is 18.0. The predicted octanol–water partition coefficient (Wildman–Crippen LogP) is 2.41. The lowest BCUT2D eigenvalue weighted by atomic mass is 9.89. The molecule has 5 nitrogen and oxygen atoms in total. The number of rotatable bonds is 4. The van der Waals surface area contributed by atoms with E-state index < -0.39 is 10.0 Å². The van der Waals surface area contributed by atoms with Gasteiger partial charge in [0, 0.05) is 13.1 Å². The summed E-state index contributed by atoms with van der Waals surface area (Å²) in [5.74, 6) is -0.304. The van der Waals surface area contributed by atoms with Gasteiger partial charge in [-0.15, -0.1) is 0 Å². The molecule has 0 radical (unpaired) electrons. The first-order valence-corrected chi connectivity index (χ1v) is 11.1. The Labute approximate surface area is 150 Å². The van der Waals surface area contributed by atoms with Crippen LogP contribution in [0.3, 0.4) is 0 Å². The third kappa shape index (κ3) is 4.42. The molecule has 25 heavy (non-hydrogen) atoms. The lowest BCUT2D eigenvalue weighted by Crippen LogP contribution is -2.45. The van der Waals surface area contributed by atoms with Crippen LogP contribution in [0.2, 0.25) is 0 Å². The van der Waals surface area contributed by atoms with E-state index in [9.17, 15) is 13.2 Å². The molecule has 2 unspecified atom stereocenters. The molecule has 0 spiro atoms. The van der Waals surface area contributed by atoms with Crippen molar-refractivity contribution in [3.63, 3.8) is 0 Å².